The number of rotatable bonds is 6. The molecule has 1 atom stereocenters. The minimum atomic E-state index is -0.515. The fourth-order valence-corrected chi connectivity index (χ4v) is 1.70. The molecule has 0 aromatic carbocycles. The topological polar surface area (TPSA) is 94.0 Å². The summed E-state index contributed by atoms with van der Waals surface area (Å²) in [7, 11) is 0. The molecule has 0 aliphatic carbocycles. The summed E-state index contributed by atoms with van der Waals surface area (Å²) in [4.78, 5) is 15.4. The molecule has 5 N–H and O–H groups in total. The van der Waals surface area contributed by atoms with E-state index in [1.54, 1.807) is 6.07 Å². The Morgan fingerprint density at radius 2 is 2.24 bits per heavy atom. The zero-order valence-corrected chi connectivity index (χ0v) is 10.4. The van der Waals surface area contributed by atoms with E-state index in [1.807, 2.05) is 0 Å². The highest BCUT2D eigenvalue weighted by atomic mass is 16.1. The smallest absolute Gasteiger partial charge is 0.252 e. The number of nitrogens with zero attached hydrogens (tertiary/aromatic N) is 1. The molecule has 17 heavy (non-hydrogen) atoms. The molecule has 0 aliphatic heterocycles. The zero-order valence-electron chi connectivity index (χ0n) is 10.4. The maximum atomic E-state index is 11.3. The van der Waals surface area contributed by atoms with Gasteiger partial charge in [-0.1, -0.05) is 20.3 Å². The van der Waals surface area contributed by atoms with Crippen LogP contribution in [0.2, 0.25) is 0 Å². The first-order valence-corrected chi connectivity index (χ1v) is 5.90. The van der Waals surface area contributed by atoms with E-state index in [4.69, 9.17) is 11.5 Å². The van der Waals surface area contributed by atoms with Crippen LogP contribution in [0.4, 0.5) is 11.5 Å². The van der Waals surface area contributed by atoms with Gasteiger partial charge in [-0.15, -0.1) is 0 Å². The number of anilines is 2. The molecule has 5 nitrogen and oxygen atoms in total. The monoisotopic (exact) mass is 236 g/mol. The van der Waals surface area contributed by atoms with E-state index < -0.39 is 5.91 Å². The van der Waals surface area contributed by atoms with Gasteiger partial charge in [0.2, 0.25) is 0 Å². The Hall–Kier alpha value is -1.78. The second-order valence-corrected chi connectivity index (χ2v) is 4.07. The van der Waals surface area contributed by atoms with Gasteiger partial charge in [-0.2, -0.15) is 0 Å². The SMILES string of the molecule is CCCC(CC)Nc1ncc(N)cc1C(N)=O. The zero-order chi connectivity index (χ0) is 12.8. The average molecular weight is 236 g/mol. The first-order valence-electron chi connectivity index (χ1n) is 5.90. The number of carbonyl (C=O) groups is 1. The van der Waals surface area contributed by atoms with Crippen molar-refractivity contribution in [2.75, 3.05) is 11.1 Å². The molecular formula is C12H20N4O. The molecular weight excluding hydrogens is 216 g/mol. The molecule has 1 aromatic heterocycles. The lowest BCUT2D eigenvalue weighted by atomic mass is 10.1. The number of primary amides is 1. The molecule has 0 saturated carbocycles. The van der Waals surface area contributed by atoms with E-state index in [1.165, 1.54) is 6.20 Å². The van der Waals surface area contributed by atoms with E-state index in [-0.39, 0.29) is 0 Å². The fraction of sp³-hybridized carbons (Fsp3) is 0.500. The predicted molar refractivity (Wildman–Crippen MR) is 69.8 cm³/mol. The van der Waals surface area contributed by atoms with Crippen molar-refractivity contribution in [1.82, 2.24) is 4.98 Å². The number of aromatic nitrogens is 1. The predicted octanol–water partition coefficient (Wildman–Crippen LogP) is 1.75. The van der Waals surface area contributed by atoms with E-state index in [0.29, 0.717) is 23.1 Å². The number of pyridine rings is 1. The molecule has 0 fully saturated rings. The first-order chi connectivity index (χ1) is 8.08. The summed E-state index contributed by atoms with van der Waals surface area (Å²) in [5, 5.41) is 3.24. The number of amides is 1. The quantitative estimate of drug-likeness (QED) is 0.701. The molecule has 0 bridgehead atoms. The van der Waals surface area contributed by atoms with Gasteiger partial charge in [-0.05, 0) is 18.9 Å². The van der Waals surface area contributed by atoms with Gasteiger partial charge in [0.25, 0.3) is 5.91 Å². The van der Waals surface area contributed by atoms with Crippen molar-refractivity contribution in [2.45, 2.75) is 39.2 Å². The van der Waals surface area contributed by atoms with Crippen LogP contribution in [-0.4, -0.2) is 16.9 Å². The van der Waals surface area contributed by atoms with E-state index in [9.17, 15) is 4.79 Å². The van der Waals surface area contributed by atoms with Crippen LogP contribution in [0.3, 0.4) is 0 Å². The molecule has 1 amide bonds. The third kappa shape index (κ3) is 3.62. The number of nitrogens with one attached hydrogen (secondary N) is 1. The lowest BCUT2D eigenvalue weighted by Crippen LogP contribution is -2.23. The van der Waals surface area contributed by atoms with Crippen molar-refractivity contribution in [3.05, 3.63) is 17.8 Å². The molecule has 1 unspecified atom stereocenters. The van der Waals surface area contributed by atoms with Gasteiger partial charge in [0.05, 0.1) is 17.4 Å². The highest BCUT2D eigenvalue weighted by Crippen LogP contribution is 2.17. The van der Waals surface area contributed by atoms with Crippen LogP contribution in [0.15, 0.2) is 12.3 Å². The minimum absolute atomic E-state index is 0.300. The second-order valence-electron chi connectivity index (χ2n) is 4.07. The third-order valence-corrected chi connectivity index (χ3v) is 2.65. The number of nitrogens with two attached hydrogens (primary N) is 2. The van der Waals surface area contributed by atoms with Gasteiger partial charge >= 0.3 is 0 Å². The highest BCUT2D eigenvalue weighted by molar-refractivity contribution is 5.98. The Kier molecular flexibility index (Phi) is 4.75. The van der Waals surface area contributed by atoms with E-state index >= 15 is 0 Å². The maximum absolute atomic E-state index is 11.3. The largest absolute Gasteiger partial charge is 0.397 e. The van der Waals surface area contributed by atoms with E-state index in [2.05, 4.69) is 24.1 Å². The van der Waals surface area contributed by atoms with Gasteiger partial charge in [0.1, 0.15) is 5.82 Å². The summed E-state index contributed by atoms with van der Waals surface area (Å²) in [5.41, 5.74) is 11.7. The summed E-state index contributed by atoms with van der Waals surface area (Å²) in [6, 6.07) is 1.85. The normalized spacial score (nSPS) is 12.1. The molecule has 0 radical (unpaired) electrons. The van der Waals surface area contributed by atoms with Gasteiger partial charge in [-0.3, -0.25) is 4.79 Å². The molecule has 1 heterocycles. The van der Waals surface area contributed by atoms with Gasteiger partial charge in [0, 0.05) is 6.04 Å². The van der Waals surface area contributed by atoms with Crippen molar-refractivity contribution < 1.29 is 4.79 Å². The molecule has 1 aromatic rings. The molecule has 94 valence electrons. The number of carbonyl (C=O) groups excluding carboxylic acids is 1. The van der Waals surface area contributed by atoms with Crippen LogP contribution in [0, 0.1) is 0 Å². The van der Waals surface area contributed by atoms with Crippen LogP contribution in [-0.2, 0) is 0 Å². The third-order valence-electron chi connectivity index (χ3n) is 2.65. The standard InChI is InChI=1S/C12H20N4O/c1-3-5-9(4-2)16-12-10(11(14)17)6-8(13)7-15-12/h6-7,9H,3-5,13H2,1-2H3,(H2,14,17)(H,15,16). The Bertz CT molecular complexity index is 392. The minimum Gasteiger partial charge on any atom is -0.397 e. The summed E-state index contributed by atoms with van der Waals surface area (Å²) >= 11 is 0. The van der Waals surface area contributed by atoms with Gasteiger partial charge < -0.3 is 16.8 Å². The molecule has 5 heteroatoms. The van der Waals surface area contributed by atoms with Crippen molar-refractivity contribution in [1.29, 1.82) is 0 Å². The Morgan fingerprint density at radius 1 is 1.53 bits per heavy atom. The van der Waals surface area contributed by atoms with Gasteiger partial charge in [-0.25, -0.2) is 4.98 Å². The van der Waals surface area contributed by atoms with Crippen LogP contribution < -0.4 is 16.8 Å². The molecule has 0 spiro atoms. The lowest BCUT2D eigenvalue weighted by molar-refractivity contribution is 0.100. The Balaban J connectivity index is 2.92. The van der Waals surface area contributed by atoms with E-state index in [0.717, 1.165) is 19.3 Å². The summed E-state index contributed by atoms with van der Waals surface area (Å²) in [6.45, 7) is 4.21. The number of hydrogen-bond donors (Lipinski definition) is 3. The fourth-order valence-electron chi connectivity index (χ4n) is 1.70. The van der Waals surface area contributed by atoms with Gasteiger partial charge in [0.15, 0.2) is 0 Å². The maximum Gasteiger partial charge on any atom is 0.252 e. The van der Waals surface area contributed by atoms with Crippen molar-refractivity contribution in [3.63, 3.8) is 0 Å². The van der Waals surface area contributed by atoms with Crippen molar-refractivity contribution >= 4 is 17.4 Å². The lowest BCUT2D eigenvalue weighted by Gasteiger charge is -2.18. The summed E-state index contributed by atoms with van der Waals surface area (Å²) < 4.78 is 0. The van der Waals surface area contributed by atoms with Crippen LogP contribution in [0.1, 0.15) is 43.5 Å². The van der Waals surface area contributed by atoms with Crippen LogP contribution >= 0.6 is 0 Å². The average Bonchev–Trinajstić information content (AvgIpc) is 2.30. The van der Waals surface area contributed by atoms with Crippen molar-refractivity contribution in [2.24, 2.45) is 5.73 Å². The number of hydrogen-bond acceptors (Lipinski definition) is 4. The summed E-state index contributed by atoms with van der Waals surface area (Å²) in [5.74, 6) is 0.00523. The summed E-state index contributed by atoms with van der Waals surface area (Å²) in [6.07, 6.45) is 4.60. The molecule has 1 rings (SSSR count). The van der Waals surface area contributed by atoms with Crippen LogP contribution in [0.5, 0.6) is 0 Å². The Labute approximate surface area is 102 Å². The first kappa shape index (κ1) is 13.3. The van der Waals surface area contributed by atoms with Crippen LogP contribution in [0.25, 0.3) is 0 Å². The number of nitrogen functional groups attached to an aromatic ring is 1. The second kappa shape index (κ2) is 6.08. The van der Waals surface area contributed by atoms with Crippen molar-refractivity contribution in [3.8, 4) is 0 Å². The highest BCUT2D eigenvalue weighted by Gasteiger charge is 2.13. The molecule has 0 aliphatic rings. The Morgan fingerprint density at radius 3 is 2.76 bits per heavy atom. The molecule has 0 saturated heterocycles.